The van der Waals surface area contributed by atoms with Gasteiger partial charge in [0.1, 0.15) is 5.82 Å². The molecule has 2 aromatic rings. The molecule has 1 aliphatic heterocycles. The van der Waals surface area contributed by atoms with Crippen LogP contribution in [0, 0.1) is 12.7 Å². The van der Waals surface area contributed by atoms with Gasteiger partial charge >= 0.3 is 0 Å². The number of rotatable bonds is 4. The summed E-state index contributed by atoms with van der Waals surface area (Å²) in [6, 6.07) is 10.4. The van der Waals surface area contributed by atoms with Crippen molar-refractivity contribution >= 4 is 17.8 Å². The molecule has 0 saturated heterocycles. The normalized spacial score (nSPS) is 18.2. The van der Waals surface area contributed by atoms with Crippen LogP contribution in [0.3, 0.4) is 0 Å². The molecule has 0 bridgehead atoms. The van der Waals surface area contributed by atoms with Crippen molar-refractivity contribution in [1.29, 1.82) is 0 Å². The highest BCUT2D eigenvalue weighted by molar-refractivity contribution is 5.95. The fraction of sp³-hybridized carbons (Fsp3) is 0.417. The molecule has 0 aromatic heterocycles. The summed E-state index contributed by atoms with van der Waals surface area (Å²) in [5.74, 6) is -0.444. The van der Waals surface area contributed by atoms with Crippen LogP contribution in [0.4, 0.5) is 10.1 Å². The molecule has 3 rings (SSSR count). The summed E-state index contributed by atoms with van der Waals surface area (Å²) in [7, 11) is 0. The second-order valence-corrected chi connectivity index (χ2v) is 8.86. The fourth-order valence-corrected chi connectivity index (χ4v) is 4.59. The number of benzene rings is 2. The topological polar surface area (TPSA) is 44.7 Å². The van der Waals surface area contributed by atoms with Gasteiger partial charge in [0.05, 0.1) is 6.21 Å². The number of hydrazone groups is 1. The number of amides is 1. The van der Waals surface area contributed by atoms with Gasteiger partial charge in [0.2, 0.25) is 0 Å². The summed E-state index contributed by atoms with van der Waals surface area (Å²) in [5, 5.41) is 4.10. The average molecular weight is 396 g/mol. The standard InChI is InChI=1S/C24H30FN3O/c1-15(2)28-22-10-16(3)19(12-21(22)17(4)13-24(28,5)6)14-26-27-23(29)18-8-7-9-20(25)11-18/h7-12,14-15,17H,13H2,1-6H3,(H,27,29)/b26-14-/t17-/m0/s1. The van der Waals surface area contributed by atoms with Gasteiger partial charge in [-0.05, 0) is 94.0 Å². The monoisotopic (exact) mass is 395 g/mol. The Kier molecular flexibility index (Phi) is 5.78. The van der Waals surface area contributed by atoms with Crippen LogP contribution in [0.2, 0.25) is 0 Å². The maximum absolute atomic E-state index is 13.3. The van der Waals surface area contributed by atoms with Gasteiger partial charge in [-0.3, -0.25) is 4.79 Å². The molecule has 1 amide bonds. The Hall–Kier alpha value is -2.69. The highest BCUT2D eigenvalue weighted by Crippen LogP contribution is 2.45. The van der Waals surface area contributed by atoms with Crippen molar-refractivity contribution in [3.8, 4) is 0 Å². The summed E-state index contributed by atoms with van der Waals surface area (Å²) in [4.78, 5) is 14.6. The third kappa shape index (κ3) is 4.34. The number of halogens is 1. The van der Waals surface area contributed by atoms with Crippen molar-refractivity contribution in [3.05, 3.63) is 64.5 Å². The first-order chi connectivity index (χ1) is 13.6. The number of nitrogens with zero attached hydrogens (tertiary/aromatic N) is 2. The molecule has 4 nitrogen and oxygen atoms in total. The summed E-state index contributed by atoms with van der Waals surface area (Å²) in [6.45, 7) is 13.4. The molecular formula is C24H30FN3O. The molecule has 0 saturated carbocycles. The van der Waals surface area contributed by atoms with E-state index in [9.17, 15) is 9.18 Å². The average Bonchev–Trinajstić information content (AvgIpc) is 2.61. The van der Waals surface area contributed by atoms with Crippen LogP contribution < -0.4 is 10.3 Å². The number of hydrogen-bond donors (Lipinski definition) is 1. The summed E-state index contributed by atoms with van der Waals surface area (Å²) in [5.41, 5.74) is 7.49. The van der Waals surface area contributed by atoms with Crippen LogP contribution in [-0.2, 0) is 0 Å². The van der Waals surface area contributed by atoms with Gasteiger partial charge in [0.25, 0.3) is 5.91 Å². The number of carbonyl (C=O) groups is 1. The first kappa shape index (κ1) is 21.0. The van der Waals surface area contributed by atoms with Crippen molar-refractivity contribution in [1.82, 2.24) is 5.43 Å². The predicted octanol–water partition coefficient (Wildman–Crippen LogP) is 5.40. The summed E-state index contributed by atoms with van der Waals surface area (Å²) < 4.78 is 13.3. The molecule has 29 heavy (non-hydrogen) atoms. The molecule has 0 radical (unpaired) electrons. The van der Waals surface area contributed by atoms with E-state index >= 15 is 0 Å². The Morgan fingerprint density at radius 3 is 2.69 bits per heavy atom. The van der Waals surface area contributed by atoms with Crippen LogP contribution in [-0.4, -0.2) is 23.7 Å². The minimum absolute atomic E-state index is 0.0988. The molecule has 2 aromatic carbocycles. The van der Waals surface area contributed by atoms with Crippen LogP contribution in [0.1, 0.15) is 74.0 Å². The predicted molar refractivity (Wildman–Crippen MR) is 117 cm³/mol. The maximum atomic E-state index is 13.3. The van der Waals surface area contributed by atoms with Crippen molar-refractivity contribution < 1.29 is 9.18 Å². The second kappa shape index (κ2) is 7.97. The third-order valence-electron chi connectivity index (χ3n) is 5.64. The first-order valence-electron chi connectivity index (χ1n) is 10.1. The lowest BCUT2D eigenvalue weighted by atomic mass is 9.78. The maximum Gasteiger partial charge on any atom is 0.271 e. The van der Waals surface area contributed by atoms with E-state index in [-0.39, 0.29) is 11.1 Å². The molecule has 1 N–H and O–H groups in total. The van der Waals surface area contributed by atoms with Gasteiger partial charge < -0.3 is 4.90 Å². The van der Waals surface area contributed by atoms with Crippen molar-refractivity contribution in [3.63, 3.8) is 0 Å². The van der Waals surface area contributed by atoms with Crippen molar-refractivity contribution in [2.24, 2.45) is 5.10 Å². The summed E-state index contributed by atoms with van der Waals surface area (Å²) in [6.07, 6.45) is 2.74. The number of nitrogens with one attached hydrogen (secondary N) is 1. The van der Waals surface area contributed by atoms with E-state index in [1.807, 2.05) is 0 Å². The molecule has 0 spiro atoms. The van der Waals surface area contributed by atoms with Crippen molar-refractivity contribution in [2.45, 2.75) is 65.5 Å². The Balaban J connectivity index is 1.86. The lowest BCUT2D eigenvalue weighted by molar-refractivity contribution is 0.0954. The number of carbonyl (C=O) groups excluding carboxylic acids is 1. The molecule has 0 fully saturated rings. The summed E-state index contributed by atoms with van der Waals surface area (Å²) >= 11 is 0. The largest absolute Gasteiger partial charge is 0.364 e. The smallest absolute Gasteiger partial charge is 0.271 e. The van der Waals surface area contributed by atoms with Gasteiger partial charge in [-0.2, -0.15) is 5.10 Å². The Labute approximate surface area is 172 Å². The zero-order valence-corrected chi connectivity index (χ0v) is 18.1. The molecule has 0 unspecified atom stereocenters. The molecular weight excluding hydrogens is 365 g/mol. The van der Waals surface area contributed by atoms with E-state index in [4.69, 9.17) is 0 Å². The number of hydrogen-bond acceptors (Lipinski definition) is 3. The van der Waals surface area contributed by atoms with Gasteiger partial charge in [-0.15, -0.1) is 0 Å². The highest BCUT2D eigenvalue weighted by Gasteiger charge is 2.37. The Morgan fingerprint density at radius 1 is 1.31 bits per heavy atom. The van der Waals surface area contributed by atoms with E-state index in [0.29, 0.717) is 12.0 Å². The van der Waals surface area contributed by atoms with Gasteiger partial charge in [0, 0.05) is 22.8 Å². The molecule has 0 aliphatic carbocycles. The fourth-order valence-electron chi connectivity index (χ4n) is 4.59. The highest BCUT2D eigenvalue weighted by atomic mass is 19.1. The van der Waals surface area contributed by atoms with Crippen LogP contribution in [0.5, 0.6) is 0 Å². The number of fused-ring (bicyclic) bond motifs is 1. The lowest BCUT2D eigenvalue weighted by Gasteiger charge is -2.50. The van der Waals surface area contributed by atoms with E-state index in [0.717, 1.165) is 17.5 Å². The molecule has 1 atom stereocenters. The quantitative estimate of drug-likeness (QED) is 0.556. The van der Waals surface area contributed by atoms with E-state index in [1.165, 1.54) is 29.4 Å². The number of anilines is 1. The van der Waals surface area contributed by atoms with E-state index in [2.05, 4.69) is 69.1 Å². The zero-order valence-electron chi connectivity index (χ0n) is 18.1. The Bertz CT molecular complexity index is 949. The zero-order chi connectivity index (χ0) is 21.3. The van der Waals surface area contributed by atoms with E-state index < -0.39 is 11.7 Å². The van der Waals surface area contributed by atoms with E-state index in [1.54, 1.807) is 12.3 Å². The number of aryl methyl sites for hydroxylation is 1. The second-order valence-electron chi connectivity index (χ2n) is 8.86. The van der Waals surface area contributed by atoms with Crippen molar-refractivity contribution in [2.75, 3.05) is 4.90 Å². The van der Waals surface area contributed by atoms with Crippen LogP contribution >= 0.6 is 0 Å². The van der Waals surface area contributed by atoms with Gasteiger partial charge in [0.15, 0.2) is 0 Å². The first-order valence-corrected chi connectivity index (χ1v) is 10.1. The molecule has 154 valence electrons. The SMILES string of the molecule is Cc1cc2c(cc1/C=N\NC(=O)c1cccc(F)c1)[C@@H](C)CC(C)(C)N2C(C)C. The molecule has 1 heterocycles. The minimum atomic E-state index is -0.446. The van der Waals surface area contributed by atoms with Crippen LogP contribution in [0.15, 0.2) is 41.5 Å². The van der Waals surface area contributed by atoms with Gasteiger partial charge in [-0.25, -0.2) is 9.82 Å². The lowest BCUT2D eigenvalue weighted by Crippen LogP contribution is -2.51. The molecule has 1 aliphatic rings. The van der Waals surface area contributed by atoms with Gasteiger partial charge in [-0.1, -0.05) is 13.0 Å². The third-order valence-corrected chi connectivity index (χ3v) is 5.64. The van der Waals surface area contributed by atoms with Crippen LogP contribution in [0.25, 0.3) is 0 Å². The minimum Gasteiger partial charge on any atom is -0.364 e. The molecule has 5 heteroatoms. The Morgan fingerprint density at radius 2 is 2.03 bits per heavy atom.